The maximum absolute atomic E-state index is 12.3. The van der Waals surface area contributed by atoms with Crippen LogP contribution in [-0.2, 0) is 20.7 Å². The van der Waals surface area contributed by atoms with Crippen molar-refractivity contribution in [3.05, 3.63) is 23.8 Å². The molecule has 0 radical (unpaired) electrons. The molecule has 0 spiro atoms. The molecule has 1 fully saturated rings. The van der Waals surface area contributed by atoms with Gasteiger partial charge in [-0.2, -0.15) is 5.26 Å². The van der Waals surface area contributed by atoms with E-state index in [0.717, 1.165) is 24.8 Å². The summed E-state index contributed by atoms with van der Waals surface area (Å²) in [6.45, 7) is 1.74. The van der Waals surface area contributed by atoms with Crippen molar-refractivity contribution in [1.82, 2.24) is 5.32 Å². The van der Waals surface area contributed by atoms with Gasteiger partial charge in [0.15, 0.2) is 17.6 Å². The summed E-state index contributed by atoms with van der Waals surface area (Å²) in [6, 6.07) is 7.75. The first kappa shape index (κ1) is 19.0. The van der Waals surface area contributed by atoms with Crippen LogP contribution in [0.1, 0.15) is 51.0 Å². The second-order valence-corrected chi connectivity index (χ2v) is 7.06. The van der Waals surface area contributed by atoms with Crippen LogP contribution in [0.3, 0.4) is 0 Å². The average Bonchev–Trinajstić information content (AvgIpc) is 3.15. The quantitative estimate of drug-likeness (QED) is 0.771. The summed E-state index contributed by atoms with van der Waals surface area (Å²) in [5, 5.41) is 12.2. The second-order valence-electron chi connectivity index (χ2n) is 7.06. The fourth-order valence-electron chi connectivity index (χ4n) is 3.41. The molecule has 1 N–H and O–H groups in total. The lowest BCUT2D eigenvalue weighted by molar-refractivity contribution is -0.155. The highest BCUT2D eigenvalue weighted by Gasteiger charge is 2.35. The van der Waals surface area contributed by atoms with Gasteiger partial charge in [-0.1, -0.05) is 25.3 Å². The number of nitrogens with zero attached hydrogens (tertiary/aromatic N) is 1. The van der Waals surface area contributed by atoms with Gasteiger partial charge >= 0.3 is 5.97 Å². The van der Waals surface area contributed by atoms with E-state index in [4.69, 9.17) is 14.2 Å². The van der Waals surface area contributed by atoms with Crippen LogP contribution in [0.4, 0.5) is 0 Å². The second kappa shape index (κ2) is 8.30. The van der Waals surface area contributed by atoms with Gasteiger partial charge in [-0.25, -0.2) is 0 Å². The van der Waals surface area contributed by atoms with E-state index in [2.05, 4.69) is 11.4 Å². The minimum atomic E-state index is -0.929. The van der Waals surface area contributed by atoms with Crippen molar-refractivity contribution < 1.29 is 23.8 Å². The number of hydrogen-bond acceptors (Lipinski definition) is 6. The summed E-state index contributed by atoms with van der Waals surface area (Å²) in [4.78, 5) is 24.4. The molecule has 1 atom stereocenters. The number of esters is 1. The van der Waals surface area contributed by atoms with Crippen molar-refractivity contribution in [1.29, 1.82) is 5.26 Å². The van der Waals surface area contributed by atoms with Crippen molar-refractivity contribution in [2.75, 3.05) is 6.79 Å². The van der Waals surface area contributed by atoms with E-state index in [9.17, 15) is 14.9 Å². The molecule has 1 aromatic carbocycles. The summed E-state index contributed by atoms with van der Waals surface area (Å²) in [5.74, 6) is 0.489. The predicted octanol–water partition coefficient (Wildman–Crippen LogP) is 2.62. The largest absolute Gasteiger partial charge is 0.454 e. The van der Waals surface area contributed by atoms with Crippen LogP contribution in [0.2, 0.25) is 0 Å². The summed E-state index contributed by atoms with van der Waals surface area (Å²) in [7, 11) is 0. The van der Waals surface area contributed by atoms with Gasteiger partial charge in [0.1, 0.15) is 5.54 Å². The van der Waals surface area contributed by atoms with E-state index in [1.54, 1.807) is 0 Å². The van der Waals surface area contributed by atoms with Crippen molar-refractivity contribution in [2.24, 2.45) is 0 Å². The lowest BCUT2D eigenvalue weighted by Gasteiger charge is -2.32. The molecule has 1 aromatic rings. The first-order chi connectivity index (χ1) is 13.0. The minimum Gasteiger partial charge on any atom is -0.454 e. The molecular formula is C20H24N2O5. The molecule has 1 aliphatic heterocycles. The molecule has 7 nitrogen and oxygen atoms in total. The summed E-state index contributed by atoms with van der Waals surface area (Å²) in [5.41, 5.74) is 0.0987. The number of aryl methyl sites for hydroxylation is 1. The molecule has 0 aromatic heterocycles. The van der Waals surface area contributed by atoms with Crippen LogP contribution in [-0.4, -0.2) is 30.3 Å². The molecule has 1 aliphatic carbocycles. The van der Waals surface area contributed by atoms with Gasteiger partial charge in [0, 0.05) is 6.42 Å². The van der Waals surface area contributed by atoms with E-state index in [-0.39, 0.29) is 13.2 Å². The van der Waals surface area contributed by atoms with Gasteiger partial charge < -0.3 is 19.5 Å². The van der Waals surface area contributed by atoms with Gasteiger partial charge in [-0.15, -0.1) is 0 Å². The minimum absolute atomic E-state index is 0.153. The van der Waals surface area contributed by atoms with Gasteiger partial charge in [0.05, 0.1) is 6.07 Å². The van der Waals surface area contributed by atoms with Gasteiger partial charge in [0.25, 0.3) is 5.91 Å². The maximum atomic E-state index is 12.3. The molecule has 0 saturated heterocycles. The number of fused-ring (bicyclic) bond motifs is 1. The van der Waals surface area contributed by atoms with Crippen molar-refractivity contribution in [3.63, 3.8) is 0 Å². The Labute approximate surface area is 158 Å². The lowest BCUT2D eigenvalue weighted by atomic mass is 9.83. The molecule has 144 valence electrons. The number of benzene rings is 1. The Bertz CT molecular complexity index is 749. The fourth-order valence-corrected chi connectivity index (χ4v) is 3.41. The van der Waals surface area contributed by atoms with Gasteiger partial charge in [0.2, 0.25) is 6.79 Å². The van der Waals surface area contributed by atoms with Crippen LogP contribution in [0, 0.1) is 11.3 Å². The normalized spacial score (nSPS) is 18.2. The van der Waals surface area contributed by atoms with Gasteiger partial charge in [-0.05, 0) is 43.9 Å². The van der Waals surface area contributed by atoms with Gasteiger partial charge in [-0.3, -0.25) is 9.59 Å². The summed E-state index contributed by atoms with van der Waals surface area (Å²) in [6.07, 6.45) is 3.88. The lowest BCUT2D eigenvalue weighted by Crippen LogP contribution is -2.52. The third-order valence-corrected chi connectivity index (χ3v) is 5.02. The predicted molar refractivity (Wildman–Crippen MR) is 96.0 cm³/mol. The third kappa shape index (κ3) is 4.70. The first-order valence-electron chi connectivity index (χ1n) is 9.33. The molecule has 1 unspecified atom stereocenters. The number of nitrogens with one attached hydrogen (secondary N) is 1. The molecule has 2 aliphatic rings. The van der Waals surface area contributed by atoms with Crippen LogP contribution < -0.4 is 14.8 Å². The highest BCUT2D eigenvalue weighted by molar-refractivity contribution is 5.84. The number of amides is 1. The molecule has 27 heavy (non-hydrogen) atoms. The fraction of sp³-hybridized carbons (Fsp3) is 0.550. The Balaban J connectivity index is 1.47. The van der Waals surface area contributed by atoms with E-state index < -0.39 is 23.5 Å². The Hall–Kier alpha value is -2.75. The maximum Gasteiger partial charge on any atom is 0.306 e. The van der Waals surface area contributed by atoms with Crippen LogP contribution in [0.25, 0.3) is 0 Å². The van der Waals surface area contributed by atoms with E-state index in [0.29, 0.717) is 30.8 Å². The highest BCUT2D eigenvalue weighted by atomic mass is 16.7. The Morgan fingerprint density at radius 1 is 1.26 bits per heavy atom. The standard InChI is InChI=1S/C20H24N2O5/c1-14(19(24)22-20(12-21)9-3-2-4-10-20)27-18(23)8-6-15-5-7-16-17(11-15)26-13-25-16/h5,7,11,14H,2-4,6,8-10,13H2,1H3,(H,22,24). The topological polar surface area (TPSA) is 97.7 Å². The zero-order valence-electron chi connectivity index (χ0n) is 15.5. The zero-order valence-corrected chi connectivity index (χ0v) is 15.5. The van der Waals surface area contributed by atoms with E-state index >= 15 is 0 Å². The van der Waals surface area contributed by atoms with Crippen LogP contribution >= 0.6 is 0 Å². The van der Waals surface area contributed by atoms with Crippen LogP contribution in [0.5, 0.6) is 11.5 Å². The number of nitriles is 1. The summed E-state index contributed by atoms with van der Waals surface area (Å²) < 4.78 is 15.8. The van der Waals surface area contributed by atoms with E-state index in [1.165, 1.54) is 6.92 Å². The van der Waals surface area contributed by atoms with Crippen molar-refractivity contribution in [2.45, 2.75) is 63.5 Å². The number of hydrogen-bond donors (Lipinski definition) is 1. The molecule has 1 saturated carbocycles. The van der Waals surface area contributed by atoms with Crippen molar-refractivity contribution in [3.8, 4) is 17.6 Å². The average molecular weight is 372 g/mol. The molecular weight excluding hydrogens is 348 g/mol. The molecule has 1 heterocycles. The Morgan fingerprint density at radius 3 is 2.74 bits per heavy atom. The third-order valence-electron chi connectivity index (χ3n) is 5.02. The Morgan fingerprint density at radius 2 is 2.00 bits per heavy atom. The van der Waals surface area contributed by atoms with E-state index in [1.807, 2.05) is 18.2 Å². The Kier molecular flexibility index (Phi) is 5.84. The highest BCUT2D eigenvalue weighted by Crippen LogP contribution is 2.32. The molecule has 1 amide bonds. The number of carbonyl (C=O) groups excluding carboxylic acids is 2. The first-order valence-corrected chi connectivity index (χ1v) is 9.33. The SMILES string of the molecule is CC(OC(=O)CCc1ccc2c(c1)OCO2)C(=O)NC1(C#N)CCCCC1. The summed E-state index contributed by atoms with van der Waals surface area (Å²) >= 11 is 0. The van der Waals surface area contributed by atoms with Crippen molar-refractivity contribution >= 4 is 11.9 Å². The molecule has 3 rings (SSSR count). The number of carbonyl (C=O) groups is 2. The molecule has 7 heteroatoms. The number of rotatable bonds is 6. The number of ether oxygens (including phenoxy) is 3. The molecule has 0 bridgehead atoms. The zero-order chi connectivity index (χ0) is 19.3. The van der Waals surface area contributed by atoms with Crippen LogP contribution in [0.15, 0.2) is 18.2 Å². The smallest absolute Gasteiger partial charge is 0.306 e. The monoisotopic (exact) mass is 372 g/mol.